The first-order valence-electron chi connectivity index (χ1n) is 9.14. The van der Waals surface area contributed by atoms with Crippen LogP contribution in [-0.2, 0) is 6.42 Å². The highest BCUT2D eigenvalue weighted by Gasteiger charge is 2.28. The zero-order valence-corrected chi connectivity index (χ0v) is 15.3. The van der Waals surface area contributed by atoms with E-state index in [0.717, 1.165) is 38.2 Å². The van der Waals surface area contributed by atoms with Gasteiger partial charge >= 0.3 is 0 Å². The molecule has 2 heterocycles. The molecule has 0 fully saturated rings. The summed E-state index contributed by atoms with van der Waals surface area (Å²) in [6.07, 6.45) is 6.23. The number of carbonyl (C=O) groups is 1. The number of aromatic nitrogens is 2. The Labute approximate surface area is 149 Å². The number of para-hydroxylation sites is 1. The summed E-state index contributed by atoms with van der Waals surface area (Å²) in [5.41, 5.74) is 2.93. The average molecular weight is 338 g/mol. The maximum atomic E-state index is 12.6. The summed E-state index contributed by atoms with van der Waals surface area (Å²) in [7, 11) is 0. The van der Waals surface area contributed by atoms with Crippen LogP contribution >= 0.6 is 0 Å². The van der Waals surface area contributed by atoms with Gasteiger partial charge in [-0.15, -0.1) is 0 Å². The standard InChI is InChI=1S/C20H26N4O/c1-4-10-23(11-5-2)20(25)17-13-22-19(14-21-17)24-15(3)12-16-8-6-7-9-18(16)24/h6-9,13-15H,4-5,10-12H2,1-3H3. The molecule has 1 aliphatic heterocycles. The Morgan fingerprint density at radius 3 is 2.52 bits per heavy atom. The van der Waals surface area contributed by atoms with Crippen LogP contribution in [0.1, 0.15) is 49.7 Å². The van der Waals surface area contributed by atoms with Crippen molar-refractivity contribution in [2.75, 3.05) is 18.0 Å². The van der Waals surface area contributed by atoms with Gasteiger partial charge in [0.2, 0.25) is 0 Å². The smallest absolute Gasteiger partial charge is 0.274 e. The van der Waals surface area contributed by atoms with Gasteiger partial charge in [-0.25, -0.2) is 9.97 Å². The van der Waals surface area contributed by atoms with E-state index in [1.54, 1.807) is 12.4 Å². The number of fused-ring (bicyclic) bond motifs is 1. The summed E-state index contributed by atoms with van der Waals surface area (Å²) in [5.74, 6) is 0.768. The molecule has 0 radical (unpaired) electrons. The zero-order chi connectivity index (χ0) is 17.8. The lowest BCUT2D eigenvalue weighted by molar-refractivity contribution is 0.0749. The molecule has 1 unspecified atom stereocenters. The van der Waals surface area contributed by atoms with E-state index in [1.807, 2.05) is 11.0 Å². The maximum absolute atomic E-state index is 12.6. The number of hydrogen-bond acceptors (Lipinski definition) is 4. The summed E-state index contributed by atoms with van der Waals surface area (Å²) in [5, 5.41) is 0. The van der Waals surface area contributed by atoms with Crippen LogP contribution in [0.4, 0.5) is 11.5 Å². The number of rotatable bonds is 6. The van der Waals surface area contributed by atoms with Crippen molar-refractivity contribution in [3.8, 4) is 0 Å². The van der Waals surface area contributed by atoms with Crippen molar-refractivity contribution in [2.45, 2.75) is 46.1 Å². The molecule has 0 spiro atoms. The highest BCUT2D eigenvalue weighted by molar-refractivity contribution is 5.92. The third-order valence-electron chi connectivity index (χ3n) is 4.59. The number of carbonyl (C=O) groups excluding carboxylic acids is 1. The van der Waals surface area contributed by atoms with Crippen LogP contribution in [-0.4, -0.2) is 39.9 Å². The molecule has 1 aromatic heterocycles. The van der Waals surface area contributed by atoms with E-state index in [2.05, 4.69) is 53.8 Å². The Morgan fingerprint density at radius 1 is 1.16 bits per heavy atom. The average Bonchev–Trinajstić information content (AvgIpc) is 2.97. The van der Waals surface area contributed by atoms with Crippen molar-refractivity contribution in [3.63, 3.8) is 0 Å². The molecule has 1 aromatic carbocycles. The molecule has 0 N–H and O–H groups in total. The molecule has 1 aliphatic rings. The Morgan fingerprint density at radius 2 is 1.88 bits per heavy atom. The van der Waals surface area contributed by atoms with Crippen molar-refractivity contribution in [2.24, 2.45) is 0 Å². The summed E-state index contributed by atoms with van der Waals surface area (Å²) in [4.78, 5) is 25.7. The molecule has 132 valence electrons. The second kappa shape index (κ2) is 7.64. The van der Waals surface area contributed by atoms with Gasteiger partial charge in [0, 0.05) is 24.8 Å². The number of amides is 1. The van der Waals surface area contributed by atoms with Gasteiger partial charge in [-0.05, 0) is 37.8 Å². The minimum atomic E-state index is -0.0300. The van der Waals surface area contributed by atoms with Gasteiger partial charge in [-0.2, -0.15) is 0 Å². The van der Waals surface area contributed by atoms with E-state index in [9.17, 15) is 4.79 Å². The summed E-state index contributed by atoms with van der Waals surface area (Å²) in [6.45, 7) is 7.86. The van der Waals surface area contributed by atoms with Crippen molar-refractivity contribution in [1.29, 1.82) is 0 Å². The molecule has 1 atom stereocenters. The molecule has 0 saturated carbocycles. The van der Waals surface area contributed by atoms with Crippen LogP contribution in [0.5, 0.6) is 0 Å². The summed E-state index contributed by atoms with van der Waals surface area (Å²) in [6, 6.07) is 8.72. The van der Waals surface area contributed by atoms with Crippen molar-refractivity contribution in [3.05, 3.63) is 47.9 Å². The van der Waals surface area contributed by atoms with E-state index in [0.29, 0.717) is 11.7 Å². The second-order valence-electron chi connectivity index (χ2n) is 6.60. The number of nitrogens with zero attached hydrogens (tertiary/aromatic N) is 4. The molecule has 3 rings (SSSR count). The monoisotopic (exact) mass is 338 g/mol. The van der Waals surface area contributed by atoms with Gasteiger partial charge in [0.15, 0.2) is 5.82 Å². The predicted octanol–water partition coefficient (Wildman–Crippen LogP) is 3.82. The Bertz CT molecular complexity index is 723. The molecule has 0 saturated heterocycles. The Kier molecular flexibility index (Phi) is 5.31. The van der Waals surface area contributed by atoms with E-state index in [-0.39, 0.29) is 5.91 Å². The normalized spacial score (nSPS) is 16.0. The van der Waals surface area contributed by atoms with Crippen LogP contribution in [0.15, 0.2) is 36.7 Å². The fourth-order valence-corrected chi connectivity index (χ4v) is 3.49. The Hall–Kier alpha value is -2.43. The van der Waals surface area contributed by atoms with Crippen molar-refractivity contribution in [1.82, 2.24) is 14.9 Å². The van der Waals surface area contributed by atoms with Crippen LogP contribution in [0.3, 0.4) is 0 Å². The topological polar surface area (TPSA) is 49.3 Å². The molecule has 5 nitrogen and oxygen atoms in total. The third kappa shape index (κ3) is 3.50. The van der Waals surface area contributed by atoms with E-state index >= 15 is 0 Å². The molecule has 0 aliphatic carbocycles. The van der Waals surface area contributed by atoms with Crippen molar-refractivity contribution < 1.29 is 4.79 Å². The number of benzene rings is 1. The minimum absolute atomic E-state index is 0.0300. The van der Waals surface area contributed by atoms with Crippen LogP contribution < -0.4 is 4.90 Å². The highest BCUT2D eigenvalue weighted by Crippen LogP contribution is 2.36. The predicted molar refractivity (Wildman–Crippen MR) is 100 cm³/mol. The van der Waals surface area contributed by atoms with Gasteiger partial charge < -0.3 is 9.80 Å². The van der Waals surface area contributed by atoms with Crippen LogP contribution in [0.2, 0.25) is 0 Å². The second-order valence-corrected chi connectivity index (χ2v) is 6.60. The fourth-order valence-electron chi connectivity index (χ4n) is 3.49. The number of anilines is 2. The molecule has 0 bridgehead atoms. The van der Waals surface area contributed by atoms with Gasteiger partial charge in [-0.1, -0.05) is 32.0 Å². The van der Waals surface area contributed by atoms with E-state index in [1.165, 1.54) is 11.3 Å². The van der Waals surface area contributed by atoms with Gasteiger partial charge in [0.25, 0.3) is 5.91 Å². The SMILES string of the molecule is CCCN(CCC)C(=O)c1cnc(N2c3ccccc3CC2C)cn1. The zero-order valence-electron chi connectivity index (χ0n) is 15.3. The quantitative estimate of drug-likeness (QED) is 0.803. The number of hydrogen-bond donors (Lipinski definition) is 0. The first-order valence-corrected chi connectivity index (χ1v) is 9.14. The molecular weight excluding hydrogens is 312 g/mol. The van der Waals surface area contributed by atoms with Gasteiger partial charge in [0.05, 0.1) is 12.4 Å². The molecule has 1 amide bonds. The van der Waals surface area contributed by atoms with E-state index in [4.69, 9.17) is 0 Å². The molecule has 25 heavy (non-hydrogen) atoms. The molecule has 2 aromatic rings. The minimum Gasteiger partial charge on any atom is -0.337 e. The first-order chi connectivity index (χ1) is 12.2. The maximum Gasteiger partial charge on any atom is 0.274 e. The third-order valence-corrected chi connectivity index (χ3v) is 4.59. The van der Waals surface area contributed by atoms with Gasteiger partial charge in [0.1, 0.15) is 5.69 Å². The Balaban J connectivity index is 1.82. The largest absolute Gasteiger partial charge is 0.337 e. The highest BCUT2D eigenvalue weighted by atomic mass is 16.2. The van der Waals surface area contributed by atoms with Crippen LogP contribution in [0.25, 0.3) is 0 Å². The summed E-state index contributed by atoms with van der Waals surface area (Å²) < 4.78 is 0. The van der Waals surface area contributed by atoms with Gasteiger partial charge in [-0.3, -0.25) is 4.79 Å². The molecule has 5 heteroatoms. The lowest BCUT2D eigenvalue weighted by Gasteiger charge is -2.24. The van der Waals surface area contributed by atoms with E-state index < -0.39 is 0 Å². The lowest BCUT2D eigenvalue weighted by atomic mass is 10.1. The fraction of sp³-hybridized carbons (Fsp3) is 0.450. The lowest BCUT2D eigenvalue weighted by Crippen LogP contribution is -2.33. The van der Waals surface area contributed by atoms with Crippen molar-refractivity contribution >= 4 is 17.4 Å². The molecular formula is C20H26N4O. The summed E-state index contributed by atoms with van der Waals surface area (Å²) >= 11 is 0. The van der Waals surface area contributed by atoms with Crippen LogP contribution in [0, 0.1) is 0 Å². The first kappa shape index (κ1) is 17.4.